The quantitative estimate of drug-likeness (QED) is 0.578. The molecule has 1 heterocycles. The molecule has 0 aliphatic carbocycles. The van der Waals surface area contributed by atoms with E-state index in [9.17, 15) is 18.0 Å². The van der Waals surface area contributed by atoms with Gasteiger partial charge in [-0.2, -0.15) is 0 Å². The Balaban J connectivity index is 1.77. The zero-order chi connectivity index (χ0) is 19.2. The minimum absolute atomic E-state index is 0.0289. The minimum Gasteiger partial charge on any atom is -0.322 e. The maximum absolute atomic E-state index is 12.9. The molecule has 6 heteroatoms. The molecule has 4 rings (SSSR count). The second kappa shape index (κ2) is 6.17. The number of sulfone groups is 1. The van der Waals surface area contributed by atoms with Crippen molar-refractivity contribution < 1.29 is 18.0 Å². The van der Waals surface area contributed by atoms with Crippen molar-refractivity contribution in [2.24, 2.45) is 0 Å². The molecule has 1 amide bonds. The van der Waals surface area contributed by atoms with Crippen molar-refractivity contribution in [2.75, 3.05) is 5.32 Å². The zero-order valence-corrected chi connectivity index (χ0v) is 15.2. The van der Waals surface area contributed by atoms with Crippen LogP contribution in [0.3, 0.4) is 0 Å². The van der Waals surface area contributed by atoms with Crippen LogP contribution in [0.5, 0.6) is 0 Å². The maximum atomic E-state index is 12.9. The summed E-state index contributed by atoms with van der Waals surface area (Å²) in [4.78, 5) is 25.0. The molecule has 1 N–H and O–H groups in total. The summed E-state index contributed by atoms with van der Waals surface area (Å²) in [6.45, 7) is 1.91. The van der Waals surface area contributed by atoms with Gasteiger partial charge in [0.15, 0.2) is 5.78 Å². The number of rotatable bonds is 2. The van der Waals surface area contributed by atoms with Gasteiger partial charge in [0.25, 0.3) is 5.91 Å². The third kappa shape index (κ3) is 2.84. The molecule has 0 unspecified atom stereocenters. The van der Waals surface area contributed by atoms with Gasteiger partial charge in [-0.15, -0.1) is 0 Å². The van der Waals surface area contributed by atoms with Crippen molar-refractivity contribution in [3.05, 3.63) is 89.0 Å². The molecule has 0 radical (unpaired) electrons. The van der Waals surface area contributed by atoms with Gasteiger partial charge in [-0.25, -0.2) is 8.42 Å². The molecule has 134 valence electrons. The normalized spacial score (nSPS) is 14.2. The third-order valence-corrected chi connectivity index (χ3v) is 6.33. The number of anilines is 1. The predicted octanol–water partition coefficient (Wildman–Crippen LogP) is 3.62. The highest BCUT2D eigenvalue weighted by Crippen LogP contribution is 2.34. The number of amides is 1. The topological polar surface area (TPSA) is 80.3 Å². The lowest BCUT2D eigenvalue weighted by atomic mass is 10.0. The zero-order valence-electron chi connectivity index (χ0n) is 14.4. The number of hydrogen-bond donors (Lipinski definition) is 1. The second-order valence-corrected chi connectivity index (χ2v) is 8.25. The Bertz CT molecular complexity index is 1210. The van der Waals surface area contributed by atoms with Crippen LogP contribution in [0, 0.1) is 6.92 Å². The van der Waals surface area contributed by atoms with Gasteiger partial charge in [0, 0.05) is 22.4 Å². The number of carbonyl (C=O) groups excluding carboxylic acids is 2. The van der Waals surface area contributed by atoms with Crippen LogP contribution in [0.15, 0.2) is 76.5 Å². The minimum atomic E-state index is -3.87. The van der Waals surface area contributed by atoms with Gasteiger partial charge >= 0.3 is 0 Å². The fourth-order valence-corrected chi connectivity index (χ4v) is 4.83. The Morgan fingerprint density at radius 3 is 2.37 bits per heavy atom. The van der Waals surface area contributed by atoms with Crippen LogP contribution >= 0.6 is 0 Å². The summed E-state index contributed by atoms with van der Waals surface area (Å²) in [7, 11) is -3.87. The molecule has 0 bridgehead atoms. The van der Waals surface area contributed by atoms with Crippen molar-refractivity contribution in [1.82, 2.24) is 0 Å². The van der Waals surface area contributed by atoms with E-state index < -0.39 is 15.7 Å². The second-order valence-electron chi connectivity index (χ2n) is 6.36. The highest BCUT2D eigenvalue weighted by molar-refractivity contribution is 7.91. The molecule has 3 aromatic rings. The van der Waals surface area contributed by atoms with Gasteiger partial charge in [-0.05, 0) is 55.0 Å². The number of ketones is 1. The first-order valence-corrected chi connectivity index (χ1v) is 9.77. The van der Waals surface area contributed by atoms with Crippen LogP contribution in [0.2, 0.25) is 0 Å². The first kappa shape index (κ1) is 17.2. The summed E-state index contributed by atoms with van der Waals surface area (Å²) >= 11 is 0. The Morgan fingerprint density at radius 2 is 1.59 bits per heavy atom. The molecule has 27 heavy (non-hydrogen) atoms. The van der Waals surface area contributed by atoms with Crippen molar-refractivity contribution in [3.63, 3.8) is 0 Å². The SMILES string of the molecule is Cc1cccc(NC(=O)c2ccc3c(c2)S(=O)(=O)c2ccccc2C3=O)c1. The number of hydrogen-bond acceptors (Lipinski definition) is 4. The number of carbonyl (C=O) groups is 2. The average Bonchev–Trinajstić information content (AvgIpc) is 2.66. The first-order chi connectivity index (χ1) is 12.9. The molecule has 0 fully saturated rings. The summed E-state index contributed by atoms with van der Waals surface area (Å²) in [5.74, 6) is -0.800. The van der Waals surface area contributed by atoms with E-state index in [-0.39, 0.29) is 32.3 Å². The van der Waals surface area contributed by atoms with Crippen LogP contribution < -0.4 is 5.32 Å². The van der Waals surface area contributed by atoms with Crippen LogP contribution in [0.25, 0.3) is 0 Å². The highest BCUT2D eigenvalue weighted by Gasteiger charge is 2.34. The predicted molar refractivity (Wildman–Crippen MR) is 101 cm³/mol. The van der Waals surface area contributed by atoms with E-state index in [1.165, 1.54) is 30.3 Å². The van der Waals surface area contributed by atoms with Gasteiger partial charge in [-0.1, -0.05) is 24.3 Å². The molecule has 0 atom stereocenters. The molecule has 1 aliphatic heterocycles. The van der Waals surface area contributed by atoms with Crippen LogP contribution in [0.1, 0.15) is 31.8 Å². The fourth-order valence-electron chi connectivity index (χ4n) is 3.15. The Kier molecular flexibility index (Phi) is 3.93. The molecule has 0 spiro atoms. The lowest BCUT2D eigenvalue weighted by Crippen LogP contribution is -2.21. The summed E-state index contributed by atoms with van der Waals surface area (Å²) in [5.41, 5.74) is 2.01. The lowest BCUT2D eigenvalue weighted by molar-refractivity contribution is 0.101. The Hall–Kier alpha value is -3.25. The van der Waals surface area contributed by atoms with E-state index in [0.717, 1.165) is 5.56 Å². The lowest BCUT2D eigenvalue weighted by Gasteiger charge is -2.19. The van der Waals surface area contributed by atoms with Crippen molar-refractivity contribution in [3.8, 4) is 0 Å². The Morgan fingerprint density at radius 1 is 0.852 bits per heavy atom. The summed E-state index contributed by atoms with van der Waals surface area (Å²) in [6, 6.07) is 17.5. The number of nitrogens with one attached hydrogen (secondary N) is 1. The summed E-state index contributed by atoms with van der Waals surface area (Å²) in [5, 5.41) is 2.74. The average molecular weight is 377 g/mol. The molecule has 1 aliphatic rings. The van der Waals surface area contributed by atoms with Crippen LogP contribution in [-0.2, 0) is 9.84 Å². The molecular formula is C21H15NO4S. The van der Waals surface area contributed by atoms with Crippen LogP contribution in [0.4, 0.5) is 5.69 Å². The molecule has 0 saturated heterocycles. The van der Waals surface area contributed by atoms with Gasteiger partial charge in [0.2, 0.25) is 9.84 Å². The van der Waals surface area contributed by atoms with E-state index >= 15 is 0 Å². The van der Waals surface area contributed by atoms with Crippen molar-refractivity contribution in [2.45, 2.75) is 16.7 Å². The highest BCUT2D eigenvalue weighted by atomic mass is 32.2. The number of benzene rings is 3. The number of aryl methyl sites for hydroxylation is 1. The number of fused-ring (bicyclic) bond motifs is 2. The first-order valence-electron chi connectivity index (χ1n) is 8.29. The van der Waals surface area contributed by atoms with Gasteiger partial charge in [-0.3, -0.25) is 9.59 Å². The van der Waals surface area contributed by atoms with Crippen molar-refractivity contribution >= 4 is 27.2 Å². The van der Waals surface area contributed by atoms with E-state index in [1.807, 2.05) is 25.1 Å². The maximum Gasteiger partial charge on any atom is 0.255 e. The van der Waals surface area contributed by atoms with Crippen LogP contribution in [-0.4, -0.2) is 20.1 Å². The van der Waals surface area contributed by atoms with E-state index in [1.54, 1.807) is 18.2 Å². The smallest absolute Gasteiger partial charge is 0.255 e. The van der Waals surface area contributed by atoms with Crippen molar-refractivity contribution in [1.29, 1.82) is 0 Å². The molecule has 0 aromatic heterocycles. The summed E-state index contributed by atoms with van der Waals surface area (Å²) < 4.78 is 25.9. The largest absolute Gasteiger partial charge is 0.322 e. The summed E-state index contributed by atoms with van der Waals surface area (Å²) in [6.07, 6.45) is 0. The Labute approximate surface area is 156 Å². The van der Waals surface area contributed by atoms with Gasteiger partial charge < -0.3 is 5.32 Å². The van der Waals surface area contributed by atoms with Gasteiger partial charge in [0.05, 0.1) is 9.79 Å². The van der Waals surface area contributed by atoms with E-state index in [4.69, 9.17) is 0 Å². The standard InChI is InChI=1S/C21H15NO4S/c1-13-5-4-6-15(11-13)22-21(24)14-9-10-17-19(12-14)27(25,26)18-8-3-2-7-16(18)20(17)23/h2-12H,1H3,(H,22,24). The fraction of sp³-hybridized carbons (Fsp3) is 0.0476. The molecular weight excluding hydrogens is 362 g/mol. The molecule has 0 saturated carbocycles. The monoisotopic (exact) mass is 377 g/mol. The van der Waals surface area contributed by atoms with E-state index in [0.29, 0.717) is 5.69 Å². The van der Waals surface area contributed by atoms with E-state index in [2.05, 4.69) is 5.32 Å². The van der Waals surface area contributed by atoms with Gasteiger partial charge in [0.1, 0.15) is 0 Å². The molecule has 5 nitrogen and oxygen atoms in total. The third-order valence-electron chi connectivity index (χ3n) is 4.48. The molecule has 3 aromatic carbocycles.